The molecule has 1 aromatic heterocycles. The van der Waals surface area contributed by atoms with Gasteiger partial charge in [-0.1, -0.05) is 18.2 Å². The molecule has 2 aliphatic rings. The first-order chi connectivity index (χ1) is 19.9. The number of nitrogens with zero attached hydrogens (tertiary/aromatic N) is 3. The van der Waals surface area contributed by atoms with E-state index in [0.717, 1.165) is 11.8 Å². The van der Waals surface area contributed by atoms with Gasteiger partial charge in [-0.05, 0) is 70.2 Å². The molecule has 3 heterocycles. The Labute approximate surface area is 244 Å². The second-order valence-electron chi connectivity index (χ2n) is 11.6. The number of furan rings is 1. The molecule has 2 fully saturated rings. The lowest BCUT2D eigenvalue weighted by molar-refractivity contribution is -0.131. The number of fused-ring (bicyclic) bond motifs is 1. The maximum atomic E-state index is 14.1. The zero-order valence-electron chi connectivity index (χ0n) is 23.9. The van der Waals surface area contributed by atoms with E-state index >= 15 is 0 Å². The van der Waals surface area contributed by atoms with Gasteiger partial charge in [-0.3, -0.25) is 9.69 Å². The first-order valence-electron chi connectivity index (χ1n) is 14.2. The number of carbonyl (C=O) groups excluding carboxylic acids is 2. The van der Waals surface area contributed by atoms with E-state index in [0.29, 0.717) is 43.5 Å². The van der Waals surface area contributed by atoms with E-state index in [1.807, 2.05) is 24.3 Å². The molecule has 0 radical (unpaired) electrons. The summed E-state index contributed by atoms with van der Waals surface area (Å²) >= 11 is 0. The van der Waals surface area contributed by atoms with Crippen LogP contribution >= 0.6 is 0 Å². The van der Waals surface area contributed by atoms with Crippen LogP contribution in [0.25, 0.3) is 11.0 Å². The van der Waals surface area contributed by atoms with Crippen molar-refractivity contribution in [2.45, 2.75) is 75.8 Å². The highest BCUT2D eigenvalue weighted by molar-refractivity contribution is 6.43. The van der Waals surface area contributed by atoms with Crippen LogP contribution in [-0.4, -0.2) is 88.7 Å². The van der Waals surface area contributed by atoms with Crippen LogP contribution in [0.5, 0.6) is 0 Å². The SMILES string of the molecule is CC(C)(C=C(C#N)C(=O)N1CCCCC1COC(=O)N[C@@H](Cc1coc2ccccc12)B(O)O)N1CCCC(F)(F)C1. The highest BCUT2D eigenvalue weighted by Gasteiger charge is 2.41. The molecule has 0 aliphatic carbocycles. The molecule has 226 valence electrons. The van der Waals surface area contributed by atoms with Crippen LogP contribution in [0.1, 0.15) is 51.5 Å². The van der Waals surface area contributed by atoms with E-state index in [-0.39, 0.29) is 25.0 Å². The van der Waals surface area contributed by atoms with Gasteiger partial charge in [-0.15, -0.1) is 0 Å². The maximum absolute atomic E-state index is 14.1. The lowest BCUT2D eigenvalue weighted by atomic mass is 9.76. The number of benzene rings is 1. The van der Waals surface area contributed by atoms with Crippen molar-refractivity contribution in [3.8, 4) is 6.07 Å². The monoisotopic (exact) mass is 586 g/mol. The fraction of sp³-hybridized carbons (Fsp3) is 0.552. The van der Waals surface area contributed by atoms with Gasteiger partial charge in [0.25, 0.3) is 11.8 Å². The highest BCUT2D eigenvalue weighted by Crippen LogP contribution is 2.32. The number of carbonyl (C=O) groups is 2. The Hall–Kier alpha value is -3.47. The van der Waals surface area contributed by atoms with E-state index in [4.69, 9.17) is 9.15 Å². The van der Waals surface area contributed by atoms with Gasteiger partial charge in [0.1, 0.15) is 23.8 Å². The van der Waals surface area contributed by atoms with E-state index in [9.17, 15) is 33.7 Å². The van der Waals surface area contributed by atoms with E-state index in [1.54, 1.807) is 24.8 Å². The predicted octanol–water partition coefficient (Wildman–Crippen LogP) is 3.42. The lowest BCUT2D eigenvalue weighted by Gasteiger charge is -2.42. The highest BCUT2D eigenvalue weighted by atomic mass is 19.3. The van der Waals surface area contributed by atoms with Crippen LogP contribution in [0, 0.1) is 11.3 Å². The molecule has 2 amide bonds. The fourth-order valence-electron chi connectivity index (χ4n) is 5.66. The molecule has 13 heteroatoms. The van der Waals surface area contributed by atoms with E-state index in [1.165, 1.54) is 17.2 Å². The van der Waals surface area contributed by atoms with Crippen molar-refractivity contribution >= 4 is 30.1 Å². The summed E-state index contributed by atoms with van der Waals surface area (Å²) in [6, 6.07) is 8.68. The molecule has 1 unspecified atom stereocenters. The van der Waals surface area contributed by atoms with Gasteiger partial charge in [0.05, 0.1) is 24.8 Å². The zero-order chi connectivity index (χ0) is 30.5. The molecule has 0 saturated carbocycles. The molecule has 1 aromatic carbocycles. The number of para-hydroxylation sites is 1. The van der Waals surface area contributed by atoms with Gasteiger partial charge in [0.15, 0.2) is 0 Å². The molecule has 3 N–H and O–H groups in total. The summed E-state index contributed by atoms with van der Waals surface area (Å²) in [5, 5.41) is 32.9. The number of amides is 2. The lowest BCUT2D eigenvalue weighted by Crippen LogP contribution is -2.53. The van der Waals surface area contributed by atoms with Crippen molar-refractivity contribution in [1.82, 2.24) is 15.1 Å². The van der Waals surface area contributed by atoms with Crippen molar-refractivity contribution in [2.75, 3.05) is 26.2 Å². The molecular formula is C29H37BF2N4O6. The third-order valence-corrected chi connectivity index (χ3v) is 8.02. The Morgan fingerprint density at radius 2 is 2.05 bits per heavy atom. The smallest absolute Gasteiger partial charge is 0.464 e. The van der Waals surface area contributed by atoms with Gasteiger partial charge in [0, 0.05) is 23.9 Å². The summed E-state index contributed by atoms with van der Waals surface area (Å²) in [4.78, 5) is 29.2. The van der Waals surface area contributed by atoms with E-state index < -0.39 is 49.1 Å². The van der Waals surface area contributed by atoms with Crippen LogP contribution in [-0.2, 0) is 16.0 Å². The standard InChI is InChI=1S/C29H37BF2N4O6/c1-28(2,35-12-7-11-29(31,32)19-35)15-21(16-33)26(37)36-13-6-5-8-22(36)18-42-27(38)34-25(30(39)40)14-20-17-41-24-10-4-3-9-23(20)24/h3-4,9-10,15,17,22,25,39-40H,5-8,11-14,18-19H2,1-2H3,(H,34,38)/t22?,25-/m0/s1. The van der Waals surface area contributed by atoms with Crippen molar-refractivity contribution in [1.29, 1.82) is 5.26 Å². The summed E-state index contributed by atoms with van der Waals surface area (Å²) in [6.45, 7) is 3.58. The van der Waals surface area contributed by atoms with Crippen LogP contribution in [0.3, 0.4) is 0 Å². The number of rotatable bonds is 9. The third-order valence-electron chi connectivity index (χ3n) is 8.02. The number of alkyl carbamates (subject to hydrolysis) is 1. The Kier molecular flexibility index (Phi) is 9.91. The van der Waals surface area contributed by atoms with Gasteiger partial charge >= 0.3 is 13.2 Å². The Morgan fingerprint density at radius 1 is 1.29 bits per heavy atom. The van der Waals surface area contributed by atoms with Crippen LogP contribution in [0.4, 0.5) is 13.6 Å². The Balaban J connectivity index is 1.39. The number of nitriles is 1. The minimum atomic E-state index is -2.83. The van der Waals surface area contributed by atoms with Gasteiger partial charge in [-0.25, -0.2) is 13.6 Å². The molecule has 2 aromatic rings. The molecular weight excluding hydrogens is 549 g/mol. The number of hydrogen-bond acceptors (Lipinski definition) is 8. The largest absolute Gasteiger partial charge is 0.475 e. The van der Waals surface area contributed by atoms with Crippen molar-refractivity contribution < 1.29 is 37.6 Å². The molecule has 4 rings (SSSR count). The van der Waals surface area contributed by atoms with E-state index in [2.05, 4.69) is 5.32 Å². The molecule has 0 spiro atoms. The molecule has 0 bridgehead atoms. The summed E-state index contributed by atoms with van der Waals surface area (Å²) in [5.74, 6) is -4.45. The first kappa shape index (κ1) is 31.5. The van der Waals surface area contributed by atoms with Crippen molar-refractivity contribution in [2.24, 2.45) is 0 Å². The number of ether oxygens (including phenoxy) is 1. The summed E-state index contributed by atoms with van der Waals surface area (Å²) in [5.41, 5.74) is 0.208. The minimum absolute atomic E-state index is 0.0763. The third kappa shape index (κ3) is 7.67. The second kappa shape index (κ2) is 13.2. The van der Waals surface area contributed by atoms with Gasteiger partial charge < -0.3 is 29.4 Å². The van der Waals surface area contributed by atoms with Crippen molar-refractivity contribution in [3.63, 3.8) is 0 Å². The number of halogens is 2. The van der Waals surface area contributed by atoms with Crippen LogP contribution in [0.15, 0.2) is 46.6 Å². The summed E-state index contributed by atoms with van der Waals surface area (Å²) < 4.78 is 39.0. The molecule has 10 nitrogen and oxygen atoms in total. The number of alkyl halides is 2. The average molecular weight is 586 g/mol. The topological polar surface area (TPSA) is 139 Å². The molecule has 2 saturated heterocycles. The summed E-state index contributed by atoms with van der Waals surface area (Å²) in [6.07, 6.45) is 4.29. The minimum Gasteiger partial charge on any atom is -0.464 e. The second-order valence-corrected chi connectivity index (χ2v) is 11.6. The van der Waals surface area contributed by atoms with Crippen molar-refractivity contribution in [3.05, 3.63) is 47.7 Å². The zero-order valence-corrected chi connectivity index (χ0v) is 23.9. The normalized spacial score (nSPS) is 20.5. The molecule has 2 aliphatic heterocycles. The first-order valence-corrected chi connectivity index (χ1v) is 14.2. The van der Waals surface area contributed by atoms with Crippen LogP contribution in [0.2, 0.25) is 0 Å². The Bertz CT molecular complexity index is 1340. The Morgan fingerprint density at radius 3 is 2.76 bits per heavy atom. The number of nitrogens with one attached hydrogen (secondary N) is 1. The molecule has 2 atom stereocenters. The van der Waals surface area contributed by atoms with Crippen LogP contribution < -0.4 is 5.32 Å². The quantitative estimate of drug-likeness (QED) is 0.231. The number of piperidine rings is 2. The summed E-state index contributed by atoms with van der Waals surface area (Å²) in [7, 11) is -1.87. The maximum Gasteiger partial charge on any atom is 0.475 e. The van der Waals surface area contributed by atoms with Gasteiger partial charge in [0.2, 0.25) is 0 Å². The number of hydrogen-bond donors (Lipinski definition) is 3. The fourth-order valence-corrected chi connectivity index (χ4v) is 5.66. The molecule has 42 heavy (non-hydrogen) atoms. The number of likely N-dealkylation sites (tertiary alicyclic amines) is 2. The predicted molar refractivity (Wildman–Crippen MR) is 151 cm³/mol. The van der Waals surface area contributed by atoms with Gasteiger partial charge in [-0.2, -0.15) is 5.26 Å². The average Bonchev–Trinajstić information content (AvgIpc) is 3.36.